The zero-order chi connectivity index (χ0) is 15.5. The highest BCUT2D eigenvalue weighted by molar-refractivity contribution is 5.13. The number of ether oxygens (including phenoxy) is 2. The number of aliphatic hydroxyl groups is 3. The molecule has 3 N–H and O–H groups in total. The number of nitro groups is 1. The molecule has 0 bridgehead atoms. The Kier molecular flexibility index (Phi) is 4.86. The second-order valence-corrected chi connectivity index (χ2v) is 5.01. The molecular formula is C13H17NO7. The number of hydrogen-bond donors (Lipinski definition) is 3. The minimum absolute atomic E-state index is 0.142. The van der Waals surface area contributed by atoms with Gasteiger partial charge in [0.05, 0.1) is 13.2 Å². The van der Waals surface area contributed by atoms with Gasteiger partial charge in [-0.3, -0.25) is 10.1 Å². The summed E-state index contributed by atoms with van der Waals surface area (Å²) in [5, 5.41) is 40.2. The van der Waals surface area contributed by atoms with Crippen LogP contribution in [0.2, 0.25) is 0 Å². The maximum Gasteiger partial charge on any atom is 0.237 e. The van der Waals surface area contributed by atoms with E-state index in [1.807, 2.05) is 30.3 Å². The fourth-order valence-electron chi connectivity index (χ4n) is 2.14. The van der Waals surface area contributed by atoms with Crippen LogP contribution in [-0.4, -0.2) is 57.5 Å². The smallest absolute Gasteiger partial charge is 0.237 e. The fourth-order valence-corrected chi connectivity index (χ4v) is 2.14. The van der Waals surface area contributed by atoms with E-state index in [1.54, 1.807) is 0 Å². The topological polar surface area (TPSA) is 122 Å². The van der Waals surface area contributed by atoms with Crippen molar-refractivity contribution < 1.29 is 29.7 Å². The molecule has 0 unspecified atom stereocenters. The predicted molar refractivity (Wildman–Crippen MR) is 69.8 cm³/mol. The molecule has 1 aliphatic rings. The average Bonchev–Trinajstić information content (AvgIpc) is 2.45. The van der Waals surface area contributed by atoms with E-state index < -0.39 is 42.2 Å². The van der Waals surface area contributed by atoms with E-state index in [2.05, 4.69) is 0 Å². The van der Waals surface area contributed by atoms with Crippen LogP contribution in [0.15, 0.2) is 30.3 Å². The standard InChI is InChI=1S/C13H17NO7/c15-10-11(16)13(17,7-14(18)19)8-21-12(10)20-6-9-4-2-1-3-5-9/h1-5,10-12,15-17H,6-8H2/t10-,11+,12+,13+/m0/s1. The summed E-state index contributed by atoms with van der Waals surface area (Å²) in [6.07, 6.45) is -4.46. The molecule has 1 aromatic carbocycles. The van der Waals surface area contributed by atoms with Crippen LogP contribution in [0.5, 0.6) is 0 Å². The Labute approximate surface area is 120 Å². The highest BCUT2D eigenvalue weighted by Gasteiger charge is 2.52. The van der Waals surface area contributed by atoms with Crippen LogP contribution >= 0.6 is 0 Å². The Hall–Kier alpha value is -1.58. The van der Waals surface area contributed by atoms with Gasteiger partial charge in [-0.25, -0.2) is 0 Å². The van der Waals surface area contributed by atoms with Crippen molar-refractivity contribution in [3.8, 4) is 0 Å². The second-order valence-electron chi connectivity index (χ2n) is 5.01. The third kappa shape index (κ3) is 3.74. The molecule has 1 fully saturated rings. The molecule has 0 amide bonds. The zero-order valence-electron chi connectivity index (χ0n) is 11.2. The van der Waals surface area contributed by atoms with Crippen molar-refractivity contribution in [3.63, 3.8) is 0 Å². The predicted octanol–water partition coefficient (Wildman–Crippen LogP) is -0.711. The van der Waals surface area contributed by atoms with Gasteiger partial charge in [-0.05, 0) is 5.56 Å². The Morgan fingerprint density at radius 1 is 1.38 bits per heavy atom. The molecule has 0 aliphatic carbocycles. The summed E-state index contributed by atoms with van der Waals surface area (Å²) in [7, 11) is 0. The molecule has 4 atom stereocenters. The van der Waals surface area contributed by atoms with Gasteiger partial charge < -0.3 is 24.8 Å². The molecular weight excluding hydrogens is 282 g/mol. The lowest BCUT2D eigenvalue weighted by atomic mass is 9.90. The molecule has 8 nitrogen and oxygen atoms in total. The summed E-state index contributed by atoms with van der Waals surface area (Å²) >= 11 is 0. The minimum Gasteiger partial charge on any atom is -0.387 e. The van der Waals surface area contributed by atoms with Crippen molar-refractivity contribution in [2.24, 2.45) is 0 Å². The molecule has 1 saturated heterocycles. The molecule has 0 aromatic heterocycles. The number of benzene rings is 1. The minimum atomic E-state index is -2.13. The lowest BCUT2D eigenvalue weighted by Gasteiger charge is -2.40. The number of hydrogen-bond acceptors (Lipinski definition) is 7. The van der Waals surface area contributed by atoms with Crippen molar-refractivity contribution in [2.75, 3.05) is 13.2 Å². The number of rotatable bonds is 5. The van der Waals surface area contributed by atoms with Crippen LogP contribution < -0.4 is 0 Å². The van der Waals surface area contributed by atoms with Crippen molar-refractivity contribution in [2.45, 2.75) is 30.7 Å². The highest BCUT2D eigenvalue weighted by Crippen LogP contribution is 2.26. The number of aliphatic hydroxyl groups excluding tert-OH is 2. The van der Waals surface area contributed by atoms with Gasteiger partial charge in [0, 0.05) is 4.92 Å². The molecule has 0 radical (unpaired) electrons. The second kappa shape index (κ2) is 6.46. The van der Waals surface area contributed by atoms with Crippen LogP contribution in [-0.2, 0) is 16.1 Å². The molecule has 8 heteroatoms. The maximum absolute atomic E-state index is 10.5. The van der Waals surface area contributed by atoms with E-state index in [1.165, 1.54) is 0 Å². The van der Waals surface area contributed by atoms with Crippen LogP contribution in [0, 0.1) is 10.1 Å². The Bertz CT molecular complexity index is 483. The van der Waals surface area contributed by atoms with Gasteiger partial charge in [-0.15, -0.1) is 0 Å². The van der Waals surface area contributed by atoms with Gasteiger partial charge in [0.1, 0.15) is 12.2 Å². The normalized spacial score (nSPS) is 32.8. The third-order valence-corrected chi connectivity index (χ3v) is 3.31. The molecule has 1 aliphatic heterocycles. The largest absolute Gasteiger partial charge is 0.387 e. The van der Waals surface area contributed by atoms with Gasteiger partial charge in [0.15, 0.2) is 11.9 Å². The van der Waals surface area contributed by atoms with Crippen molar-refractivity contribution in [1.29, 1.82) is 0 Å². The van der Waals surface area contributed by atoms with Crippen LogP contribution in [0.4, 0.5) is 0 Å². The monoisotopic (exact) mass is 299 g/mol. The first-order chi connectivity index (χ1) is 9.92. The quantitative estimate of drug-likeness (QED) is 0.485. The summed E-state index contributed by atoms with van der Waals surface area (Å²) in [5.41, 5.74) is -1.29. The summed E-state index contributed by atoms with van der Waals surface area (Å²) in [4.78, 5) is 9.71. The SMILES string of the molecule is O=[N+]([O-])C[C@@]1(O)CO[C@@H](OCc2ccccc2)[C@@H](O)[C@H]1O. The summed E-state index contributed by atoms with van der Waals surface area (Å²) in [5.74, 6) is 0. The van der Waals surface area contributed by atoms with Crippen LogP contribution in [0.3, 0.4) is 0 Å². The van der Waals surface area contributed by atoms with Crippen LogP contribution in [0.1, 0.15) is 5.56 Å². The zero-order valence-corrected chi connectivity index (χ0v) is 11.2. The Morgan fingerprint density at radius 3 is 2.67 bits per heavy atom. The molecule has 1 heterocycles. The first-order valence-corrected chi connectivity index (χ1v) is 6.40. The maximum atomic E-state index is 10.5. The summed E-state index contributed by atoms with van der Waals surface area (Å²) < 4.78 is 10.4. The number of nitrogens with zero attached hydrogens (tertiary/aromatic N) is 1. The van der Waals surface area contributed by atoms with E-state index in [4.69, 9.17) is 9.47 Å². The van der Waals surface area contributed by atoms with Gasteiger partial charge in [0.25, 0.3) is 0 Å². The third-order valence-electron chi connectivity index (χ3n) is 3.31. The van der Waals surface area contributed by atoms with Crippen LogP contribution in [0.25, 0.3) is 0 Å². The van der Waals surface area contributed by atoms with E-state index in [9.17, 15) is 25.4 Å². The van der Waals surface area contributed by atoms with Gasteiger partial charge in [0.2, 0.25) is 6.54 Å². The van der Waals surface area contributed by atoms with Crippen molar-refractivity contribution in [3.05, 3.63) is 46.0 Å². The first kappa shape index (κ1) is 15.8. The summed E-state index contributed by atoms with van der Waals surface area (Å²) in [6.45, 7) is -1.27. The van der Waals surface area contributed by atoms with Gasteiger partial charge >= 0.3 is 0 Å². The molecule has 116 valence electrons. The first-order valence-electron chi connectivity index (χ1n) is 6.40. The lowest BCUT2D eigenvalue weighted by Crippen LogP contribution is -2.64. The Balaban J connectivity index is 1.94. The summed E-state index contributed by atoms with van der Waals surface area (Å²) in [6, 6.07) is 9.11. The lowest BCUT2D eigenvalue weighted by molar-refractivity contribution is -0.512. The highest BCUT2D eigenvalue weighted by atomic mass is 16.7. The fraction of sp³-hybridized carbons (Fsp3) is 0.538. The molecule has 1 aromatic rings. The molecule has 2 rings (SSSR count). The molecule has 21 heavy (non-hydrogen) atoms. The average molecular weight is 299 g/mol. The van der Waals surface area contributed by atoms with Gasteiger partial charge in [-0.1, -0.05) is 30.3 Å². The van der Waals surface area contributed by atoms with Crippen molar-refractivity contribution in [1.82, 2.24) is 0 Å². The van der Waals surface area contributed by atoms with E-state index in [0.717, 1.165) is 5.56 Å². The van der Waals surface area contributed by atoms with E-state index in [-0.39, 0.29) is 6.61 Å². The Morgan fingerprint density at radius 2 is 2.05 bits per heavy atom. The van der Waals surface area contributed by atoms with Crippen molar-refractivity contribution >= 4 is 0 Å². The van der Waals surface area contributed by atoms with E-state index >= 15 is 0 Å². The van der Waals surface area contributed by atoms with Gasteiger partial charge in [-0.2, -0.15) is 0 Å². The molecule has 0 spiro atoms. The van der Waals surface area contributed by atoms with E-state index in [0.29, 0.717) is 0 Å². The molecule has 0 saturated carbocycles.